The summed E-state index contributed by atoms with van der Waals surface area (Å²) >= 11 is 0. The summed E-state index contributed by atoms with van der Waals surface area (Å²) in [6.45, 7) is 11.5. The van der Waals surface area contributed by atoms with Crippen LogP contribution in [0.25, 0.3) is 0 Å². The van der Waals surface area contributed by atoms with Gasteiger partial charge in [-0.25, -0.2) is 0 Å². The molecule has 0 aromatic heterocycles. The molecule has 30 heavy (non-hydrogen) atoms. The summed E-state index contributed by atoms with van der Waals surface area (Å²) in [4.78, 5) is 11.1. The Balaban J connectivity index is 1.49. The van der Waals surface area contributed by atoms with Crippen LogP contribution in [0.4, 0.5) is 0 Å². The molecule has 4 fully saturated rings. The van der Waals surface area contributed by atoms with Crippen molar-refractivity contribution in [3.63, 3.8) is 0 Å². The molecule has 0 aliphatic heterocycles. The van der Waals surface area contributed by atoms with E-state index in [4.69, 9.17) is 5.11 Å². The first-order valence-corrected chi connectivity index (χ1v) is 12.9. The molecule has 2 N–H and O–H groups in total. The number of carbonyl (C=O) groups is 1. The Bertz CT molecular complexity index is 651. The molecule has 4 aliphatic rings. The van der Waals surface area contributed by atoms with Crippen molar-refractivity contribution in [2.24, 2.45) is 52.3 Å². The second-order valence-electron chi connectivity index (χ2n) is 12.9. The third-order valence-electron chi connectivity index (χ3n) is 11.2. The molecule has 172 valence electrons. The molecule has 0 bridgehead atoms. The van der Waals surface area contributed by atoms with Gasteiger partial charge in [-0.05, 0) is 130 Å². The van der Waals surface area contributed by atoms with E-state index in [0.29, 0.717) is 35.0 Å². The zero-order chi connectivity index (χ0) is 21.9. The van der Waals surface area contributed by atoms with Crippen molar-refractivity contribution >= 4 is 5.97 Å². The SMILES string of the molecule is C[C@H](CCC(=O)O)[C@H]1CC[C@H]2[C@@H]3CC[C@@H]4C[C@H](C(C)(C)O)CC[C@]4(C)[C@H]3CC[C@]12C. The van der Waals surface area contributed by atoms with Gasteiger partial charge >= 0.3 is 5.97 Å². The van der Waals surface area contributed by atoms with Crippen LogP contribution in [-0.4, -0.2) is 21.8 Å². The van der Waals surface area contributed by atoms with E-state index in [2.05, 4.69) is 20.8 Å². The van der Waals surface area contributed by atoms with Crippen molar-refractivity contribution in [2.45, 2.75) is 111 Å². The minimum absolute atomic E-state index is 0.326. The van der Waals surface area contributed by atoms with Crippen LogP contribution in [0.1, 0.15) is 105 Å². The molecule has 0 unspecified atom stereocenters. The monoisotopic (exact) mass is 418 g/mol. The van der Waals surface area contributed by atoms with Crippen LogP contribution in [0.3, 0.4) is 0 Å². The van der Waals surface area contributed by atoms with Crippen molar-refractivity contribution < 1.29 is 15.0 Å². The molecule has 4 aliphatic carbocycles. The van der Waals surface area contributed by atoms with Crippen molar-refractivity contribution in [1.82, 2.24) is 0 Å². The second kappa shape index (κ2) is 7.78. The molecule has 3 heteroatoms. The lowest BCUT2D eigenvalue weighted by Gasteiger charge is -2.62. The van der Waals surface area contributed by atoms with Gasteiger partial charge in [0.05, 0.1) is 5.60 Å². The predicted octanol–water partition coefficient (Wildman–Crippen LogP) is 6.53. The molecule has 0 spiro atoms. The number of carboxylic acids is 1. The fourth-order valence-electron chi connectivity index (χ4n) is 9.43. The van der Waals surface area contributed by atoms with Crippen LogP contribution in [0.2, 0.25) is 0 Å². The Hall–Kier alpha value is -0.570. The van der Waals surface area contributed by atoms with E-state index in [0.717, 1.165) is 30.1 Å². The van der Waals surface area contributed by atoms with E-state index in [-0.39, 0.29) is 0 Å². The number of carboxylic acid groups (broad SMARTS) is 1. The van der Waals surface area contributed by atoms with Crippen LogP contribution in [-0.2, 0) is 4.79 Å². The molecule has 0 aromatic rings. The zero-order valence-corrected chi connectivity index (χ0v) is 20.1. The summed E-state index contributed by atoms with van der Waals surface area (Å²) in [7, 11) is 0. The highest BCUT2D eigenvalue weighted by molar-refractivity contribution is 5.66. The lowest BCUT2D eigenvalue weighted by atomic mass is 9.43. The van der Waals surface area contributed by atoms with Gasteiger partial charge in [-0.15, -0.1) is 0 Å². The first kappa shape index (κ1) is 22.6. The van der Waals surface area contributed by atoms with Crippen molar-refractivity contribution in [2.75, 3.05) is 0 Å². The van der Waals surface area contributed by atoms with Crippen LogP contribution in [0.5, 0.6) is 0 Å². The molecule has 4 rings (SSSR count). The average molecular weight is 419 g/mol. The molecule has 0 amide bonds. The Morgan fingerprint density at radius 2 is 1.67 bits per heavy atom. The number of aliphatic hydroxyl groups is 1. The number of rotatable bonds is 5. The molecule has 0 saturated heterocycles. The first-order chi connectivity index (χ1) is 14.0. The van der Waals surface area contributed by atoms with Gasteiger partial charge in [0.25, 0.3) is 0 Å². The maximum Gasteiger partial charge on any atom is 0.303 e. The van der Waals surface area contributed by atoms with E-state index in [9.17, 15) is 9.90 Å². The highest BCUT2D eigenvalue weighted by Gasteiger charge is 2.60. The highest BCUT2D eigenvalue weighted by atomic mass is 16.4. The largest absolute Gasteiger partial charge is 0.481 e. The van der Waals surface area contributed by atoms with Crippen molar-refractivity contribution in [1.29, 1.82) is 0 Å². The van der Waals surface area contributed by atoms with Gasteiger partial charge in [-0.1, -0.05) is 20.8 Å². The molecule has 3 nitrogen and oxygen atoms in total. The van der Waals surface area contributed by atoms with Crippen molar-refractivity contribution in [3.05, 3.63) is 0 Å². The molecule has 9 atom stereocenters. The summed E-state index contributed by atoms with van der Waals surface area (Å²) in [5, 5.41) is 19.8. The molecular formula is C27H46O3. The van der Waals surface area contributed by atoms with Gasteiger partial charge in [0.1, 0.15) is 0 Å². The number of hydrogen-bond acceptors (Lipinski definition) is 2. The summed E-state index contributed by atoms with van der Waals surface area (Å²) in [6.07, 6.45) is 13.0. The number of hydrogen-bond donors (Lipinski definition) is 2. The topological polar surface area (TPSA) is 57.5 Å². The summed E-state index contributed by atoms with van der Waals surface area (Å²) in [5.74, 6) is 4.44. The highest BCUT2D eigenvalue weighted by Crippen LogP contribution is 2.69. The standard InChI is InChI=1S/C27H46O3/c1-17(6-11-24(28)29)21-9-10-22-20-8-7-19-16-18(25(2,3)30)12-14-26(19,4)23(20)13-15-27(21,22)5/h17-23,30H,6-16H2,1-5H3,(H,28,29)/t17-,18-,19-,20+,21-,22+,23+,26+,27-/m1/s1. The van der Waals surface area contributed by atoms with E-state index >= 15 is 0 Å². The normalized spacial score (nSPS) is 47.1. The fraction of sp³-hybridized carbons (Fsp3) is 0.963. The average Bonchev–Trinajstić information content (AvgIpc) is 3.01. The first-order valence-electron chi connectivity index (χ1n) is 12.9. The number of aliphatic carboxylic acids is 1. The minimum Gasteiger partial charge on any atom is -0.481 e. The van der Waals surface area contributed by atoms with Gasteiger partial charge < -0.3 is 10.2 Å². The van der Waals surface area contributed by atoms with Gasteiger partial charge in [-0.3, -0.25) is 4.79 Å². The molecule has 0 heterocycles. The summed E-state index contributed by atoms with van der Waals surface area (Å²) in [6, 6.07) is 0. The quantitative estimate of drug-likeness (QED) is 0.533. The smallest absolute Gasteiger partial charge is 0.303 e. The van der Waals surface area contributed by atoms with Crippen LogP contribution < -0.4 is 0 Å². The third-order valence-corrected chi connectivity index (χ3v) is 11.2. The Labute approximate surface area is 184 Å². The maximum atomic E-state index is 11.1. The Kier molecular flexibility index (Phi) is 5.87. The predicted molar refractivity (Wildman–Crippen MR) is 121 cm³/mol. The Morgan fingerprint density at radius 1 is 1.00 bits per heavy atom. The van der Waals surface area contributed by atoms with Gasteiger partial charge in [-0.2, -0.15) is 0 Å². The summed E-state index contributed by atoms with van der Waals surface area (Å²) in [5.41, 5.74) is 0.361. The van der Waals surface area contributed by atoms with E-state index in [1.54, 1.807) is 0 Å². The van der Waals surface area contributed by atoms with Crippen LogP contribution >= 0.6 is 0 Å². The van der Waals surface area contributed by atoms with Gasteiger partial charge in [0.15, 0.2) is 0 Å². The van der Waals surface area contributed by atoms with Crippen molar-refractivity contribution in [3.8, 4) is 0 Å². The van der Waals surface area contributed by atoms with Crippen LogP contribution in [0, 0.1) is 52.3 Å². The molecular weight excluding hydrogens is 372 g/mol. The lowest BCUT2D eigenvalue weighted by molar-refractivity contribution is -0.139. The molecule has 0 radical (unpaired) electrons. The van der Waals surface area contributed by atoms with Gasteiger partial charge in [0, 0.05) is 6.42 Å². The van der Waals surface area contributed by atoms with E-state index in [1.165, 1.54) is 57.8 Å². The minimum atomic E-state index is -0.641. The van der Waals surface area contributed by atoms with Gasteiger partial charge in [0.2, 0.25) is 0 Å². The lowest BCUT2D eigenvalue weighted by Crippen LogP contribution is -2.54. The zero-order valence-electron chi connectivity index (χ0n) is 20.1. The summed E-state index contributed by atoms with van der Waals surface area (Å²) < 4.78 is 0. The van der Waals surface area contributed by atoms with Crippen LogP contribution in [0.15, 0.2) is 0 Å². The van der Waals surface area contributed by atoms with E-state index in [1.807, 2.05) is 13.8 Å². The molecule has 4 saturated carbocycles. The van der Waals surface area contributed by atoms with E-state index < -0.39 is 11.6 Å². The fourth-order valence-corrected chi connectivity index (χ4v) is 9.43. The molecule has 0 aromatic carbocycles. The second-order valence-corrected chi connectivity index (χ2v) is 12.9. The third kappa shape index (κ3) is 3.65. The maximum absolute atomic E-state index is 11.1. The Morgan fingerprint density at radius 3 is 2.33 bits per heavy atom. The number of fused-ring (bicyclic) bond motifs is 5.